The van der Waals surface area contributed by atoms with E-state index in [1.54, 1.807) is 30.3 Å². The average Bonchev–Trinajstić information content (AvgIpc) is 2.35. The molecule has 0 radical (unpaired) electrons. The summed E-state index contributed by atoms with van der Waals surface area (Å²) in [6, 6.07) is 3.49. The van der Waals surface area contributed by atoms with Crippen LogP contribution in [0.15, 0.2) is 18.3 Å². The van der Waals surface area contributed by atoms with Gasteiger partial charge in [0.2, 0.25) is 0 Å². The molecule has 0 aromatic carbocycles. The Kier molecular flexibility index (Phi) is 4.90. The van der Waals surface area contributed by atoms with Crippen molar-refractivity contribution in [1.82, 2.24) is 14.8 Å². The van der Waals surface area contributed by atoms with Crippen molar-refractivity contribution in [3.05, 3.63) is 23.9 Å². The van der Waals surface area contributed by atoms with Gasteiger partial charge in [-0.2, -0.15) is 0 Å². The lowest BCUT2D eigenvalue weighted by molar-refractivity contribution is 0.0786. The highest BCUT2D eigenvalue weighted by Crippen LogP contribution is 2.08. The zero-order chi connectivity index (χ0) is 12.8. The normalized spacial score (nSPS) is 10.4. The quantitative estimate of drug-likeness (QED) is 0.820. The number of aromatic nitrogens is 1. The van der Waals surface area contributed by atoms with Crippen molar-refractivity contribution in [2.75, 3.05) is 46.6 Å². The highest BCUT2D eigenvalue weighted by molar-refractivity contribution is 5.94. The van der Waals surface area contributed by atoms with E-state index in [9.17, 15) is 4.79 Å². The predicted molar refractivity (Wildman–Crippen MR) is 69.3 cm³/mol. The number of likely N-dealkylation sites (N-methyl/N-ethyl adjacent to an activating group) is 2. The third-order valence-electron chi connectivity index (χ3n) is 2.49. The Morgan fingerprint density at radius 3 is 2.65 bits per heavy atom. The molecule has 1 aromatic rings. The van der Waals surface area contributed by atoms with Gasteiger partial charge < -0.3 is 15.1 Å². The summed E-state index contributed by atoms with van der Waals surface area (Å²) in [5, 5.41) is 2.92. The molecule has 94 valence electrons. The van der Waals surface area contributed by atoms with Crippen molar-refractivity contribution in [3.63, 3.8) is 0 Å². The Morgan fingerprint density at radius 1 is 1.35 bits per heavy atom. The largest absolute Gasteiger partial charge is 0.373 e. The molecule has 0 unspecified atom stereocenters. The number of hydrogen-bond acceptors (Lipinski definition) is 4. The van der Waals surface area contributed by atoms with Crippen molar-refractivity contribution in [2.45, 2.75) is 0 Å². The summed E-state index contributed by atoms with van der Waals surface area (Å²) in [7, 11) is 7.57. The van der Waals surface area contributed by atoms with Gasteiger partial charge in [0.1, 0.15) is 5.82 Å². The van der Waals surface area contributed by atoms with Crippen LogP contribution in [0.5, 0.6) is 0 Å². The number of pyridine rings is 1. The van der Waals surface area contributed by atoms with E-state index in [2.05, 4.69) is 15.2 Å². The standard InChI is InChI=1S/C12H20N4O/c1-13-11-9-10(5-6-14-11)12(17)16(4)8-7-15(2)3/h5-6,9H,7-8H2,1-4H3,(H,13,14). The maximum absolute atomic E-state index is 12.1. The number of amides is 1. The highest BCUT2D eigenvalue weighted by Gasteiger charge is 2.12. The summed E-state index contributed by atoms with van der Waals surface area (Å²) in [4.78, 5) is 19.9. The number of anilines is 1. The van der Waals surface area contributed by atoms with Gasteiger partial charge in [-0.25, -0.2) is 4.98 Å². The van der Waals surface area contributed by atoms with E-state index < -0.39 is 0 Å². The molecule has 0 spiro atoms. The lowest BCUT2D eigenvalue weighted by Crippen LogP contribution is -2.33. The molecule has 0 atom stereocenters. The first-order valence-electron chi connectivity index (χ1n) is 5.58. The minimum absolute atomic E-state index is 0.0192. The van der Waals surface area contributed by atoms with Crippen LogP contribution in [0.1, 0.15) is 10.4 Å². The van der Waals surface area contributed by atoms with Gasteiger partial charge in [0.15, 0.2) is 0 Å². The Morgan fingerprint density at radius 2 is 2.06 bits per heavy atom. The van der Waals surface area contributed by atoms with Crippen LogP contribution in [-0.2, 0) is 0 Å². The zero-order valence-electron chi connectivity index (χ0n) is 10.9. The van der Waals surface area contributed by atoms with Gasteiger partial charge in [-0.05, 0) is 26.2 Å². The summed E-state index contributed by atoms with van der Waals surface area (Å²) < 4.78 is 0. The number of hydrogen-bond donors (Lipinski definition) is 1. The monoisotopic (exact) mass is 236 g/mol. The highest BCUT2D eigenvalue weighted by atomic mass is 16.2. The number of nitrogens with one attached hydrogen (secondary N) is 1. The van der Waals surface area contributed by atoms with E-state index >= 15 is 0 Å². The van der Waals surface area contributed by atoms with Gasteiger partial charge in [0.05, 0.1) is 0 Å². The fourth-order valence-corrected chi connectivity index (χ4v) is 1.37. The third kappa shape index (κ3) is 4.03. The molecule has 1 amide bonds. The van der Waals surface area contributed by atoms with Crippen molar-refractivity contribution in [3.8, 4) is 0 Å². The molecule has 1 rings (SSSR count). The molecule has 0 saturated carbocycles. The molecule has 17 heavy (non-hydrogen) atoms. The van der Waals surface area contributed by atoms with Gasteiger partial charge in [0.25, 0.3) is 5.91 Å². The van der Waals surface area contributed by atoms with E-state index in [0.29, 0.717) is 17.9 Å². The Balaban J connectivity index is 2.67. The van der Waals surface area contributed by atoms with Crippen molar-refractivity contribution in [2.24, 2.45) is 0 Å². The van der Waals surface area contributed by atoms with Crippen LogP contribution >= 0.6 is 0 Å². The van der Waals surface area contributed by atoms with E-state index in [0.717, 1.165) is 6.54 Å². The lowest BCUT2D eigenvalue weighted by atomic mass is 10.2. The molecule has 0 aliphatic heterocycles. The second-order valence-electron chi connectivity index (χ2n) is 4.21. The van der Waals surface area contributed by atoms with Crippen LogP contribution in [0.3, 0.4) is 0 Å². The summed E-state index contributed by atoms with van der Waals surface area (Å²) in [6.45, 7) is 1.56. The zero-order valence-corrected chi connectivity index (χ0v) is 10.9. The molecule has 5 nitrogen and oxygen atoms in total. The minimum atomic E-state index is 0.0192. The molecular weight excluding hydrogens is 216 g/mol. The predicted octanol–water partition coefficient (Wildman–Crippen LogP) is 0.757. The smallest absolute Gasteiger partial charge is 0.253 e. The first-order valence-corrected chi connectivity index (χ1v) is 5.58. The average molecular weight is 236 g/mol. The lowest BCUT2D eigenvalue weighted by Gasteiger charge is -2.19. The van der Waals surface area contributed by atoms with Crippen LogP contribution in [0, 0.1) is 0 Å². The maximum Gasteiger partial charge on any atom is 0.253 e. The molecule has 1 aromatic heterocycles. The first-order chi connectivity index (χ1) is 8.04. The topological polar surface area (TPSA) is 48.5 Å². The van der Waals surface area contributed by atoms with E-state index in [1.807, 2.05) is 21.1 Å². The molecule has 0 saturated heterocycles. The van der Waals surface area contributed by atoms with Gasteiger partial charge in [-0.1, -0.05) is 0 Å². The fraction of sp³-hybridized carbons (Fsp3) is 0.500. The molecule has 1 N–H and O–H groups in total. The van der Waals surface area contributed by atoms with Crippen LogP contribution < -0.4 is 5.32 Å². The second kappa shape index (κ2) is 6.20. The third-order valence-corrected chi connectivity index (χ3v) is 2.49. The molecule has 1 heterocycles. The van der Waals surface area contributed by atoms with E-state index in [4.69, 9.17) is 0 Å². The molecule has 0 aliphatic rings. The van der Waals surface area contributed by atoms with E-state index in [1.165, 1.54) is 0 Å². The summed E-state index contributed by atoms with van der Waals surface area (Å²) >= 11 is 0. The second-order valence-corrected chi connectivity index (χ2v) is 4.21. The van der Waals surface area contributed by atoms with Crippen LogP contribution in [0.4, 0.5) is 5.82 Å². The molecule has 5 heteroatoms. The molecule has 0 bridgehead atoms. The molecular formula is C12H20N4O. The number of carbonyl (C=O) groups is 1. The molecule has 0 fully saturated rings. The molecule has 0 aliphatic carbocycles. The number of carbonyl (C=O) groups excluding carboxylic acids is 1. The van der Waals surface area contributed by atoms with Gasteiger partial charge in [-0.3, -0.25) is 4.79 Å². The van der Waals surface area contributed by atoms with Gasteiger partial charge in [0, 0.05) is 38.9 Å². The SMILES string of the molecule is CNc1cc(C(=O)N(C)CCN(C)C)ccn1. The summed E-state index contributed by atoms with van der Waals surface area (Å²) in [5.41, 5.74) is 0.658. The summed E-state index contributed by atoms with van der Waals surface area (Å²) in [5.74, 6) is 0.725. The number of rotatable bonds is 5. The van der Waals surface area contributed by atoms with Gasteiger partial charge in [-0.15, -0.1) is 0 Å². The van der Waals surface area contributed by atoms with Crippen LogP contribution in [0.2, 0.25) is 0 Å². The fourth-order valence-electron chi connectivity index (χ4n) is 1.37. The number of nitrogens with zero attached hydrogens (tertiary/aromatic N) is 3. The van der Waals surface area contributed by atoms with Crippen LogP contribution in [-0.4, -0.2) is 62.0 Å². The minimum Gasteiger partial charge on any atom is -0.373 e. The van der Waals surface area contributed by atoms with Crippen molar-refractivity contribution in [1.29, 1.82) is 0 Å². The Hall–Kier alpha value is -1.62. The Labute approximate surface area is 102 Å². The summed E-state index contributed by atoms with van der Waals surface area (Å²) in [6.07, 6.45) is 1.64. The first kappa shape index (κ1) is 13.4. The van der Waals surface area contributed by atoms with Crippen molar-refractivity contribution < 1.29 is 4.79 Å². The Bertz CT molecular complexity index is 379. The van der Waals surface area contributed by atoms with Crippen molar-refractivity contribution >= 4 is 11.7 Å². The van der Waals surface area contributed by atoms with E-state index in [-0.39, 0.29) is 5.91 Å². The maximum atomic E-state index is 12.1. The van der Waals surface area contributed by atoms with Crippen LogP contribution in [0.25, 0.3) is 0 Å². The van der Waals surface area contributed by atoms with Gasteiger partial charge >= 0.3 is 0 Å².